The fraction of sp³-hybridized carbons (Fsp3) is 0.391. The Morgan fingerprint density at radius 2 is 1.66 bits per heavy atom. The summed E-state index contributed by atoms with van der Waals surface area (Å²) >= 11 is 0. The summed E-state index contributed by atoms with van der Waals surface area (Å²) in [7, 11) is 5.56. The average Bonchev–Trinajstić information content (AvgIpc) is 2.77. The number of benzene rings is 2. The van der Waals surface area contributed by atoms with Crippen LogP contribution in [-0.4, -0.2) is 69.0 Å². The zero-order valence-electron chi connectivity index (χ0n) is 17.4. The lowest BCUT2D eigenvalue weighted by Gasteiger charge is -2.35. The first-order valence-corrected chi connectivity index (χ1v) is 9.96. The summed E-state index contributed by atoms with van der Waals surface area (Å²) in [4.78, 5) is 31.1. The van der Waals surface area contributed by atoms with Gasteiger partial charge in [0, 0.05) is 57.9 Å². The van der Waals surface area contributed by atoms with E-state index in [0.717, 1.165) is 17.0 Å². The molecule has 2 aromatic carbocycles. The molecule has 0 atom stereocenters. The molecule has 6 nitrogen and oxygen atoms in total. The molecule has 0 unspecified atom stereocenters. The first-order chi connectivity index (χ1) is 14.0. The predicted octanol–water partition coefficient (Wildman–Crippen LogP) is 2.68. The van der Waals surface area contributed by atoms with Gasteiger partial charge in [-0.1, -0.05) is 24.3 Å². The Labute approximate surface area is 172 Å². The molecule has 154 valence electrons. The number of anilines is 1. The van der Waals surface area contributed by atoms with E-state index in [1.807, 2.05) is 77.3 Å². The lowest BCUT2D eigenvalue weighted by molar-refractivity contribution is -0.132. The fourth-order valence-corrected chi connectivity index (χ4v) is 3.57. The highest BCUT2D eigenvalue weighted by molar-refractivity contribution is 5.95. The van der Waals surface area contributed by atoms with Crippen molar-refractivity contribution in [2.45, 2.75) is 12.8 Å². The number of hydrogen-bond donors (Lipinski definition) is 0. The third-order valence-electron chi connectivity index (χ3n) is 5.33. The number of piperazine rings is 1. The maximum Gasteiger partial charge on any atom is 0.254 e. The van der Waals surface area contributed by atoms with Crippen LogP contribution in [0.2, 0.25) is 0 Å². The third kappa shape index (κ3) is 5.08. The molecule has 0 aromatic heterocycles. The van der Waals surface area contributed by atoms with Gasteiger partial charge in [-0.2, -0.15) is 0 Å². The van der Waals surface area contributed by atoms with E-state index in [2.05, 4.69) is 0 Å². The minimum atomic E-state index is 0.0230. The lowest BCUT2D eigenvalue weighted by Crippen LogP contribution is -2.50. The number of ether oxygens (including phenoxy) is 1. The second-order valence-corrected chi connectivity index (χ2v) is 7.43. The van der Waals surface area contributed by atoms with Gasteiger partial charge in [-0.05, 0) is 36.2 Å². The monoisotopic (exact) mass is 395 g/mol. The van der Waals surface area contributed by atoms with E-state index in [1.165, 1.54) is 0 Å². The van der Waals surface area contributed by atoms with Crippen molar-refractivity contribution in [3.8, 4) is 5.75 Å². The highest BCUT2D eigenvalue weighted by Crippen LogP contribution is 2.20. The summed E-state index contributed by atoms with van der Waals surface area (Å²) in [6.07, 6.45) is 1.10. The molecule has 2 aromatic rings. The number of rotatable bonds is 6. The standard InChI is InChI=1S/C23H29N3O3/c1-24(2)20-9-6-8-19(17-20)23(28)26-15-13-25(14-16-26)22(27)12-11-18-7-4-5-10-21(18)29-3/h4-10,17H,11-16H2,1-3H3. The van der Waals surface area contributed by atoms with Crippen LogP contribution in [0.1, 0.15) is 22.3 Å². The smallest absolute Gasteiger partial charge is 0.254 e. The maximum atomic E-state index is 12.8. The largest absolute Gasteiger partial charge is 0.496 e. The average molecular weight is 396 g/mol. The summed E-state index contributed by atoms with van der Waals surface area (Å²) in [6, 6.07) is 15.4. The van der Waals surface area contributed by atoms with Crippen LogP contribution in [0.15, 0.2) is 48.5 Å². The minimum absolute atomic E-state index is 0.0230. The van der Waals surface area contributed by atoms with E-state index in [4.69, 9.17) is 4.74 Å². The fourth-order valence-electron chi connectivity index (χ4n) is 3.57. The molecule has 0 radical (unpaired) electrons. The van der Waals surface area contributed by atoms with Gasteiger partial charge < -0.3 is 19.4 Å². The number of methoxy groups -OCH3 is 1. The van der Waals surface area contributed by atoms with Crippen molar-refractivity contribution in [1.29, 1.82) is 0 Å². The van der Waals surface area contributed by atoms with Gasteiger partial charge >= 0.3 is 0 Å². The van der Waals surface area contributed by atoms with Crippen LogP contribution in [0.25, 0.3) is 0 Å². The summed E-state index contributed by atoms with van der Waals surface area (Å²) < 4.78 is 5.36. The van der Waals surface area contributed by atoms with Crippen molar-refractivity contribution in [1.82, 2.24) is 9.80 Å². The van der Waals surface area contributed by atoms with Gasteiger partial charge in [-0.25, -0.2) is 0 Å². The van der Waals surface area contributed by atoms with Gasteiger partial charge in [-0.15, -0.1) is 0 Å². The Balaban J connectivity index is 1.52. The first-order valence-electron chi connectivity index (χ1n) is 9.96. The Morgan fingerprint density at radius 3 is 2.34 bits per heavy atom. The first kappa shape index (κ1) is 20.7. The van der Waals surface area contributed by atoms with Gasteiger partial charge in [0.1, 0.15) is 5.75 Å². The molecule has 1 aliphatic heterocycles. The molecule has 6 heteroatoms. The van der Waals surface area contributed by atoms with E-state index in [1.54, 1.807) is 7.11 Å². The van der Waals surface area contributed by atoms with E-state index in [0.29, 0.717) is 44.6 Å². The Bertz CT molecular complexity index is 858. The van der Waals surface area contributed by atoms with Crippen molar-refractivity contribution in [2.75, 3.05) is 52.3 Å². The van der Waals surface area contributed by atoms with Crippen molar-refractivity contribution < 1.29 is 14.3 Å². The van der Waals surface area contributed by atoms with Crippen molar-refractivity contribution in [3.63, 3.8) is 0 Å². The van der Waals surface area contributed by atoms with Gasteiger partial charge in [0.05, 0.1) is 7.11 Å². The molecule has 0 N–H and O–H groups in total. The van der Waals surface area contributed by atoms with Crippen LogP contribution in [0.3, 0.4) is 0 Å². The number of carbonyl (C=O) groups is 2. The Morgan fingerprint density at radius 1 is 0.966 bits per heavy atom. The van der Waals surface area contributed by atoms with E-state index in [9.17, 15) is 9.59 Å². The number of hydrogen-bond acceptors (Lipinski definition) is 4. The molecular weight excluding hydrogens is 366 g/mol. The zero-order chi connectivity index (χ0) is 20.8. The van der Waals surface area contributed by atoms with Crippen LogP contribution in [0, 0.1) is 0 Å². The van der Waals surface area contributed by atoms with Crippen molar-refractivity contribution >= 4 is 17.5 Å². The van der Waals surface area contributed by atoms with Gasteiger partial charge in [0.15, 0.2) is 0 Å². The van der Waals surface area contributed by atoms with Crippen molar-refractivity contribution in [2.24, 2.45) is 0 Å². The summed E-state index contributed by atoms with van der Waals surface area (Å²) in [5.41, 5.74) is 2.73. The van der Waals surface area contributed by atoms with Crippen LogP contribution in [0.4, 0.5) is 5.69 Å². The summed E-state index contributed by atoms with van der Waals surface area (Å²) in [5, 5.41) is 0. The van der Waals surface area contributed by atoms with Crippen LogP contribution < -0.4 is 9.64 Å². The van der Waals surface area contributed by atoms with Crippen LogP contribution >= 0.6 is 0 Å². The van der Waals surface area contributed by atoms with Gasteiger partial charge in [-0.3, -0.25) is 9.59 Å². The molecule has 1 fully saturated rings. The number of para-hydroxylation sites is 1. The quantitative estimate of drug-likeness (QED) is 0.755. The SMILES string of the molecule is COc1ccccc1CCC(=O)N1CCN(C(=O)c2cccc(N(C)C)c2)CC1. The van der Waals surface area contributed by atoms with E-state index < -0.39 is 0 Å². The normalized spacial score (nSPS) is 13.9. The molecule has 1 heterocycles. The summed E-state index contributed by atoms with van der Waals surface area (Å²) in [6.45, 7) is 2.27. The molecule has 1 saturated heterocycles. The Hall–Kier alpha value is -3.02. The Kier molecular flexibility index (Phi) is 6.75. The third-order valence-corrected chi connectivity index (χ3v) is 5.33. The second kappa shape index (κ2) is 9.45. The highest BCUT2D eigenvalue weighted by atomic mass is 16.5. The van der Waals surface area contributed by atoms with Crippen LogP contribution in [0.5, 0.6) is 5.75 Å². The minimum Gasteiger partial charge on any atom is -0.496 e. The van der Waals surface area contributed by atoms with Crippen molar-refractivity contribution in [3.05, 3.63) is 59.7 Å². The molecule has 29 heavy (non-hydrogen) atoms. The van der Waals surface area contributed by atoms with E-state index in [-0.39, 0.29) is 11.8 Å². The molecule has 0 aliphatic carbocycles. The van der Waals surface area contributed by atoms with E-state index >= 15 is 0 Å². The number of aryl methyl sites for hydroxylation is 1. The molecule has 0 bridgehead atoms. The number of carbonyl (C=O) groups excluding carboxylic acids is 2. The molecule has 1 aliphatic rings. The lowest BCUT2D eigenvalue weighted by atomic mass is 10.1. The second-order valence-electron chi connectivity index (χ2n) is 7.43. The zero-order valence-corrected chi connectivity index (χ0v) is 17.4. The number of nitrogens with zero attached hydrogens (tertiary/aromatic N) is 3. The van der Waals surface area contributed by atoms with Gasteiger partial charge in [0.2, 0.25) is 5.91 Å². The predicted molar refractivity (Wildman–Crippen MR) is 115 cm³/mol. The molecular formula is C23H29N3O3. The topological polar surface area (TPSA) is 53.1 Å². The summed E-state index contributed by atoms with van der Waals surface area (Å²) in [5.74, 6) is 0.961. The molecule has 2 amide bonds. The molecule has 0 saturated carbocycles. The highest BCUT2D eigenvalue weighted by Gasteiger charge is 2.25. The molecule has 0 spiro atoms. The molecule has 3 rings (SSSR count). The number of amides is 2. The maximum absolute atomic E-state index is 12.8. The van der Waals surface area contributed by atoms with Crippen LogP contribution in [-0.2, 0) is 11.2 Å². The van der Waals surface area contributed by atoms with Gasteiger partial charge in [0.25, 0.3) is 5.91 Å².